The number of carboxylic acids is 1. The summed E-state index contributed by atoms with van der Waals surface area (Å²) < 4.78 is 20.0. The average molecular weight is 370 g/mol. The SMILES string of the molecule is CCCCC[C@H](O)C=C[C@H]1CC[C@@H]2OC([C@H](F)CCC(O)C(=O)O)=C[C@@H]21. The second-order valence-electron chi connectivity index (χ2n) is 7.39. The molecule has 3 N–H and O–H groups in total. The summed E-state index contributed by atoms with van der Waals surface area (Å²) in [6, 6.07) is 0. The van der Waals surface area contributed by atoms with Crippen molar-refractivity contribution in [1.82, 2.24) is 0 Å². The summed E-state index contributed by atoms with van der Waals surface area (Å²) >= 11 is 0. The second-order valence-corrected chi connectivity index (χ2v) is 7.39. The first-order valence-corrected chi connectivity index (χ1v) is 9.72. The van der Waals surface area contributed by atoms with Crippen molar-refractivity contribution in [2.75, 3.05) is 0 Å². The van der Waals surface area contributed by atoms with Crippen LogP contribution >= 0.6 is 0 Å². The number of allylic oxidation sites excluding steroid dienone is 2. The molecule has 1 unspecified atom stereocenters. The van der Waals surface area contributed by atoms with E-state index in [1.807, 2.05) is 18.2 Å². The van der Waals surface area contributed by atoms with Crippen LogP contribution in [0.1, 0.15) is 58.3 Å². The van der Waals surface area contributed by atoms with Gasteiger partial charge in [-0.05, 0) is 44.1 Å². The fourth-order valence-electron chi connectivity index (χ4n) is 3.73. The molecular formula is C20H31FO5. The Labute approximate surface area is 154 Å². The molecule has 6 atom stereocenters. The predicted molar refractivity (Wildman–Crippen MR) is 96.2 cm³/mol. The standard InChI is InChI=1S/C20H31FO5/c1-2-3-4-5-14(22)8-6-13-7-11-18-15(13)12-19(26-18)16(21)9-10-17(23)20(24)25/h6,8,12-18,22-23H,2-5,7,9-11H2,1H3,(H,24,25)/t13-,14-,15+,16+,17?,18-/m0/s1. The third-order valence-electron chi connectivity index (χ3n) is 5.32. The van der Waals surface area contributed by atoms with Crippen LogP contribution in [0.2, 0.25) is 0 Å². The largest absolute Gasteiger partial charge is 0.491 e. The van der Waals surface area contributed by atoms with Gasteiger partial charge in [0, 0.05) is 5.92 Å². The van der Waals surface area contributed by atoms with Crippen LogP contribution in [-0.2, 0) is 9.53 Å². The summed E-state index contributed by atoms with van der Waals surface area (Å²) in [5, 5.41) is 27.9. The molecule has 1 saturated carbocycles. The third-order valence-corrected chi connectivity index (χ3v) is 5.32. The lowest BCUT2D eigenvalue weighted by Gasteiger charge is -2.15. The van der Waals surface area contributed by atoms with Gasteiger partial charge in [-0.15, -0.1) is 0 Å². The Morgan fingerprint density at radius 2 is 2.08 bits per heavy atom. The van der Waals surface area contributed by atoms with E-state index in [-0.39, 0.29) is 36.5 Å². The number of hydrogen-bond acceptors (Lipinski definition) is 4. The minimum absolute atomic E-state index is 0.0421. The minimum atomic E-state index is -1.54. The molecule has 0 saturated heterocycles. The zero-order chi connectivity index (χ0) is 19.1. The Balaban J connectivity index is 1.84. The van der Waals surface area contributed by atoms with E-state index < -0.39 is 24.3 Å². The Kier molecular flexibility index (Phi) is 8.10. The maximum atomic E-state index is 14.3. The molecule has 148 valence electrons. The lowest BCUT2D eigenvalue weighted by molar-refractivity contribution is -0.147. The van der Waals surface area contributed by atoms with Gasteiger partial charge in [0.1, 0.15) is 11.9 Å². The summed E-state index contributed by atoms with van der Waals surface area (Å²) in [4.78, 5) is 10.6. The number of aliphatic carboxylic acids is 1. The number of alkyl halides is 1. The summed E-state index contributed by atoms with van der Waals surface area (Å²) in [6.07, 6.45) is 7.89. The summed E-state index contributed by atoms with van der Waals surface area (Å²) in [6.45, 7) is 2.13. The van der Waals surface area contributed by atoms with Crippen molar-refractivity contribution < 1.29 is 29.2 Å². The molecule has 0 aromatic rings. The van der Waals surface area contributed by atoms with Crippen LogP contribution in [0, 0.1) is 11.8 Å². The zero-order valence-electron chi connectivity index (χ0n) is 15.4. The van der Waals surface area contributed by atoms with E-state index in [4.69, 9.17) is 9.84 Å². The predicted octanol–water partition coefficient (Wildman–Crippen LogP) is 3.36. The lowest BCUT2D eigenvalue weighted by Crippen LogP contribution is -2.21. The molecule has 0 aromatic carbocycles. The minimum Gasteiger partial charge on any atom is -0.491 e. The number of ether oxygens (including phenoxy) is 1. The number of rotatable bonds is 11. The normalized spacial score (nSPS) is 28.5. The molecule has 5 nitrogen and oxygen atoms in total. The van der Waals surface area contributed by atoms with Crippen LogP contribution < -0.4 is 0 Å². The fourth-order valence-corrected chi connectivity index (χ4v) is 3.73. The van der Waals surface area contributed by atoms with Crippen molar-refractivity contribution in [2.24, 2.45) is 11.8 Å². The van der Waals surface area contributed by atoms with Gasteiger partial charge in [-0.1, -0.05) is 38.3 Å². The first-order valence-electron chi connectivity index (χ1n) is 9.72. The number of fused-ring (bicyclic) bond motifs is 1. The van der Waals surface area contributed by atoms with Crippen LogP contribution in [0.15, 0.2) is 24.0 Å². The van der Waals surface area contributed by atoms with Crippen molar-refractivity contribution in [2.45, 2.75) is 82.8 Å². The van der Waals surface area contributed by atoms with Gasteiger partial charge >= 0.3 is 5.97 Å². The molecule has 26 heavy (non-hydrogen) atoms. The van der Waals surface area contributed by atoms with E-state index in [0.29, 0.717) is 0 Å². The molecule has 2 rings (SSSR count). The number of aliphatic hydroxyl groups is 2. The van der Waals surface area contributed by atoms with Crippen LogP contribution in [0.3, 0.4) is 0 Å². The summed E-state index contributed by atoms with van der Waals surface area (Å²) in [5.41, 5.74) is 0. The number of carbonyl (C=O) groups is 1. The highest BCUT2D eigenvalue weighted by molar-refractivity contribution is 5.71. The molecule has 1 heterocycles. The Morgan fingerprint density at radius 3 is 2.77 bits per heavy atom. The second kappa shape index (κ2) is 10.1. The monoisotopic (exact) mass is 370 g/mol. The summed E-state index contributed by atoms with van der Waals surface area (Å²) in [7, 11) is 0. The number of halogens is 1. The van der Waals surface area contributed by atoms with Crippen molar-refractivity contribution in [3.05, 3.63) is 24.0 Å². The van der Waals surface area contributed by atoms with Crippen LogP contribution in [-0.4, -0.2) is 45.8 Å². The highest BCUT2D eigenvalue weighted by Crippen LogP contribution is 2.43. The van der Waals surface area contributed by atoms with E-state index in [2.05, 4.69) is 6.92 Å². The van der Waals surface area contributed by atoms with E-state index in [0.717, 1.165) is 38.5 Å². The van der Waals surface area contributed by atoms with Crippen molar-refractivity contribution in [3.63, 3.8) is 0 Å². The Bertz CT molecular complexity index is 518. The highest BCUT2D eigenvalue weighted by Gasteiger charge is 2.41. The van der Waals surface area contributed by atoms with E-state index in [1.165, 1.54) is 0 Å². The molecule has 0 amide bonds. The van der Waals surface area contributed by atoms with Crippen molar-refractivity contribution in [3.8, 4) is 0 Å². The van der Waals surface area contributed by atoms with Crippen LogP contribution in [0.5, 0.6) is 0 Å². The molecule has 0 bridgehead atoms. The molecule has 2 aliphatic rings. The van der Waals surface area contributed by atoms with Crippen LogP contribution in [0.4, 0.5) is 4.39 Å². The highest BCUT2D eigenvalue weighted by atomic mass is 19.1. The van der Waals surface area contributed by atoms with Gasteiger partial charge in [0.25, 0.3) is 0 Å². The van der Waals surface area contributed by atoms with Gasteiger partial charge in [0.15, 0.2) is 12.3 Å². The average Bonchev–Trinajstić information content (AvgIpc) is 3.18. The van der Waals surface area contributed by atoms with Gasteiger partial charge in [0.05, 0.1) is 6.10 Å². The Hall–Kier alpha value is -1.40. The van der Waals surface area contributed by atoms with Gasteiger partial charge in [-0.2, -0.15) is 0 Å². The number of aliphatic hydroxyl groups excluding tert-OH is 2. The third kappa shape index (κ3) is 5.81. The maximum Gasteiger partial charge on any atom is 0.332 e. The van der Waals surface area contributed by atoms with E-state index in [1.54, 1.807) is 0 Å². The summed E-state index contributed by atoms with van der Waals surface area (Å²) in [5.74, 6) is -0.737. The van der Waals surface area contributed by atoms with Crippen molar-refractivity contribution >= 4 is 5.97 Å². The fraction of sp³-hybridized carbons (Fsp3) is 0.750. The van der Waals surface area contributed by atoms with Gasteiger partial charge < -0.3 is 20.1 Å². The quantitative estimate of drug-likeness (QED) is 0.383. The maximum absolute atomic E-state index is 14.3. The molecule has 1 aliphatic heterocycles. The smallest absolute Gasteiger partial charge is 0.332 e. The van der Waals surface area contributed by atoms with Gasteiger partial charge in [-0.25, -0.2) is 9.18 Å². The topological polar surface area (TPSA) is 87.0 Å². The van der Waals surface area contributed by atoms with Crippen LogP contribution in [0.25, 0.3) is 0 Å². The molecule has 0 aromatic heterocycles. The number of hydrogen-bond donors (Lipinski definition) is 3. The zero-order valence-corrected chi connectivity index (χ0v) is 15.4. The van der Waals surface area contributed by atoms with E-state index in [9.17, 15) is 19.4 Å². The molecule has 6 heteroatoms. The van der Waals surface area contributed by atoms with Gasteiger partial charge in [0.2, 0.25) is 0 Å². The van der Waals surface area contributed by atoms with E-state index >= 15 is 0 Å². The number of unbranched alkanes of at least 4 members (excludes halogenated alkanes) is 2. The molecule has 0 radical (unpaired) electrons. The molecule has 1 aliphatic carbocycles. The molecular weight excluding hydrogens is 339 g/mol. The molecule has 0 spiro atoms. The Morgan fingerprint density at radius 1 is 1.31 bits per heavy atom. The van der Waals surface area contributed by atoms with Gasteiger partial charge in [-0.3, -0.25) is 0 Å². The molecule has 1 fully saturated rings. The lowest BCUT2D eigenvalue weighted by atomic mass is 9.93. The first kappa shape index (κ1) is 20.9. The number of carboxylic acid groups (broad SMARTS) is 1. The van der Waals surface area contributed by atoms with Crippen molar-refractivity contribution in [1.29, 1.82) is 0 Å². The first-order chi connectivity index (χ1) is 12.4.